The number of aromatic hydroxyl groups is 1. The number of aliphatic imine (C=N–C) groups is 1. The van der Waals surface area contributed by atoms with Crippen molar-refractivity contribution in [3.8, 4) is 5.75 Å². The van der Waals surface area contributed by atoms with Crippen molar-refractivity contribution in [2.75, 3.05) is 7.11 Å². The Morgan fingerprint density at radius 1 is 1.14 bits per heavy atom. The molecule has 4 rings (SSSR count). The van der Waals surface area contributed by atoms with Crippen LogP contribution >= 0.6 is 0 Å². The molecule has 0 bridgehead atoms. The SMILES string of the molecule is COC(=O)c1ccc(Cn2cc(C=Nc3ccccc3O)c3ccccc32)o1. The molecule has 2 aromatic heterocycles. The third-order valence-electron chi connectivity index (χ3n) is 4.42. The summed E-state index contributed by atoms with van der Waals surface area (Å²) in [7, 11) is 1.32. The maximum atomic E-state index is 11.6. The number of carbonyl (C=O) groups is 1. The lowest BCUT2D eigenvalue weighted by atomic mass is 10.2. The van der Waals surface area contributed by atoms with Gasteiger partial charge in [0, 0.05) is 28.9 Å². The molecule has 6 heteroatoms. The summed E-state index contributed by atoms with van der Waals surface area (Å²) < 4.78 is 12.3. The van der Waals surface area contributed by atoms with Gasteiger partial charge < -0.3 is 18.8 Å². The van der Waals surface area contributed by atoms with Crippen LogP contribution in [0.4, 0.5) is 5.69 Å². The Balaban J connectivity index is 1.68. The lowest BCUT2D eigenvalue weighted by molar-refractivity contribution is 0.0563. The highest BCUT2D eigenvalue weighted by Crippen LogP contribution is 2.26. The van der Waals surface area contributed by atoms with Gasteiger partial charge in [0.1, 0.15) is 17.2 Å². The zero-order valence-electron chi connectivity index (χ0n) is 15.2. The topological polar surface area (TPSA) is 77.0 Å². The van der Waals surface area contributed by atoms with E-state index in [0.29, 0.717) is 18.0 Å². The fraction of sp³-hybridized carbons (Fsp3) is 0.0909. The summed E-state index contributed by atoms with van der Waals surface area (Å²) in [5.74, 6) is 0.452. The normalized spacial score (nSPS) is 11.3. The van der Waals surface area contributed by atoms with E-state index in [4.69, 9.17) is 4.42 Å². The zero-order chi connectivity index (χ0) is 19.5. The van der Waals surface area contributed by atoms with Crippen LogP contribution in [0.2, 0.25) is 0 Å². The first-order valence-electron chi connectivity index (χ1n) is 8.72. The number of fused-ring (bicyclic) bond motifs is 1. The third kappa shape index (κ3) is 3.40. The Hall–Kier alpha value is -3.80. The number of furan rings is 1. The molecule has 0 amide bonds. The molecule has 0 spiro atoms. The van der Waals surface area contributed by atoms with Gasteiger partial charge in [0.15, 0.2) is 0 Å². The molecule has 6 nitrogen and oxygen atoms in total. The molecule has 0 unspecified atom stereocenters. The Labute approximate surface area is 161 Å². The van der Waals surface area contributed by atoms with Crippen molar-refractivity contribution in [1.29, 1.82) is 0 Å². The van der Waals surface area contributed by atoms with Crippen LogP contribution in [-0.4, -0.2) is 29.0 Å². The van der Waals surface area contributed by atoms with Crippen LogP contribution in [0.3, 0.4) is 0 Å². The number of benzene rings is 2. The predicted octanol–water partition coefficient (Wildman–Crippen LogP) is 4.53. The quantitative estimate of drug-likeness (QED) is 0.411. The molecule has 28 heavy (non-hydrogen) atoms. The first-order chi connectivity index (χ1) is 13.7. The molecule has 0 radical (unpaired) electrons. The van der Waals surface area contributed by atoms with Crippen LogP contribution in [0.25, 0.3) is 10.9 Å². The van der Waals surface area contributed by atoms with Gasteiger partial charge in [-0.2, -0.15) is 0 Å². The van der Waals surface area contributed by atoms with Crippen LogP contribution in [0.5, 0.6) is 5.75 Å². The summed E-state index contributed by atoms with van der Waals surface area (Å²) >= 11 is 0. The predicted molar refractivity (Wildman–Crippen MR) is 106 cm³/mol. The number of para-hydroxylation sites is 3. The minimum atomic E-state index is -0.501. The Bertz CT molecular complexity index is 1170. The minimum absolute atomic E-state index is 0.133. The van der Waals surface area contributed by atoms with E-state index in [1.165, 1.54) is 7.11 Å². The van der Waals surface area contributed by atoms with Gasteiger partial charge in [0.25, 0.3) is 0 Å². The van der Waals surface area contributed by atoms with Crippen LogP contribution in [0.1, 0.15) is 21.9 Å². The molecule has 1 N–H and O–H groups in total. The average molecular weight is 374 g/mol. The molecule has 0 aliphatic rings. The lowest BCUT2D eigenvalue weighted by Gasteiger charge is -2.02. The highest BCUT2D eigenvalue weighted by atomic mass is 16.5. The number of hydrogen-bond donors (Lipinski definition) is 1. The van der Waals surface area contributed by atoms with Gasteiger partial charge in [-0.1, -0.05) is 30.3 Å². The van der Waals surface area contributed by atoms with Gasteiger partial charge in [-0.25, -0.2) is 4.79 Å². The van der Waals surface area contributed by atoms with E-state index in [9.17, 15) is 9.90 Å². The van der Waals surface area contributed by atoms with Gasteiger partial charge in [0.05, 0.1) is 13.7 Å². The van der Waals surface area contributed by atoms with Crippen molar-refractivity contribution in [3.05, 3.63) is 83.9 Å². The number of phenolic OH excluding ortho intramolecular Hbond substituents is 1. The summed E-state index contributed by atoms with van der Waals surface area (Å²) in [6, 6.07) is 18.3. The van der Waals surface area contributed by atoms with E-state index in [0.717, 1.165) is 16.5 Å². The van der Waals surface area contributed by atoms with E-state index in [-0.39, 0.29) is 11.5 Å². The molecule has 0 aliphatic carbocycles. The van der Waals surface area contributed by atoms with Crippen molar-refractivity contribution in [3.63, 3.8) is 0 Å². The molecule has 2 aromatic carbocycles. The molecular weight excluding hydrogens is 356 g/mol. The van der Waals surface area contributed by atoms with E-state index in [2.05, 4.69) is 9.73 Å². The molecule has 0 saturated heterocycles. The second-order valence-electron chi connectivity index (χ2n) is 6.23. The average Bonchev–Trinajstić information content (AvgIpc) is 3.32. The van der Waals surface area contributed by atoms with E-state index < -0.39 is 5.97 Å². The highest BCUT2D eigenvalue weighted by Gasteiger charge is 2.13. The maximum absolute atomic E-state index is 11.6. The first-order valence-corrected chi connectivity index (χ1v) is 8.72. The molecule has 4 aromatic rings. The molecule has 0 fully saturated rings. The Morgan fingerprint density at radius 2 is 1.93 bits per heavy atom. The van der Waals surface area contributed by atoms with Crippen LogP contribution in [0.15, 0.2) is 76.3 Å². The molecule has 0 aliphatic heterocycles. The van der Waals surface area contributed by atoms with Gasteiger partial charge in [-0.05, 0) is 30.3 Å². The number of rotatable bonds is 5. The first kappa shape index (κ1) is 17.6. The monoisotopic (exact) mass is 374 g/mol. The molecular formula is C22H18N2O4. The van der Waals surface area contributed by atoms with Crippen molar-refractivity contribution in [2.45, 2.75) is 6.54 Å². The third-order valence-corrected chi connectivity index (χ3v) is 4.42. The number of ether oxygens (including phenoxy) is 1. The van der Waals surface area contributed by atoms with Gasteiger partial charge in [0.2, 0.25) is 5.76 Å². The number of methoxy groups -OCH3 is 1. The number of nitrogens with zero attached hydrogens (tertiary/aromatic N) is 2. The van der Waals surface area contributed by atoms with Crippen molar-refractivity contribution < 1.29 is 19.1 Å². The Morgan fingerprint density at radius 3 is 2.75 bits per heavy atom. The summed E-state index contributed by atoms with van der Waals surface area (Å²) in [6.07, 6.45) is 3.70. The number of esters is 1. The minimum Gasteiger partial charge on any atom is -0.506 e. The zero-order valence-corrected chi connectivity index (χ0v) is 15.2. The fourth-order valence-electron chi connectivity index (χ4n) is 3.06. The second kappa shape index (κ2) is 7.44. The van der Waals surface area contributed by atoms with Crippen molar-refractivity contribution in [1.82, 2.24) is 4.57 Å². The largest absolute Gasteiger partial charge is 0.506 e. The van der Waals surface area contributed by atoms with Crippen LogP contribution < -0.4 is 0 Å². The van der Waals surface area contributed by atoms with Gasteiger partial charge in [-0.15, -0.1) is 0 Å². The molecule has 2 heterocycles. The summed E-state index contributed by atoms with van der Waals surface area (Å²) in [6.45, 7) is 0.460. The van der Waals surface area contributed by atoms with Crippen LogP contribution in [-0.2, 0) is 11.3 Å². The lowest BCUT2D eigenvalue weighted by Crippen LogP contribution is -1.99. The van der Waals surface area contributed by atoms with Crippen molar-refractivity contribution in [2.24, 2.45) is 4.99 Å². The highest BCUT2D eigenvalue weighted by molar-refractivity contribution is 6.00. The van der Waals surface area contributed by atoms with Gasteiger partial charge >= 0.3 is 5.97 Å². The van der Waals surface area contributed by atoms with Crippen molar-refractivity contribution >= 4 is 28.8 Å². The molecule has 0 saturated carbocycles. The van der Waals surface area contributed by atoms with E-state index in [1.54, 1.807) is 36.5 Å². The second-order valence-corrected chi connectivity index (χ2v) is 6.23. The fourth-order valence-corrected chi connectivity index (χ4v) is 3.06. The number of phenols is 1. The number of aromatic nitrogens is 1. The molecule has 140 valence electrons. The summed E-state index contributed by atoms with van der Waals surface area (Å²) in [5.41, 5.74) is 2.43. The van der Waals surface area contributed by atoms with E-state index in [1.807, 2.05) is 41.1 Å². The smallest absolute Gasteiger partial charge is 0.373 e. The Kier molecular flexibility index (Phi) is 4.68. The summed E-state index contributed by atoms with van der Waals surface area (Å²) in [5, 5.41) is 10.9. The number of carbonyl (C=O) groups excluding carboxylic acids is 1. The van der Waals surface area contributed by atoms with E-state index >= 15 is 0 Å². The molecule has 0 atom stereocenters. The maximum Gasteiger partial charge on any atom is 0.373 e. The standard InChI is InChI=1S/C22H18N2O4/c1-27-22(26)21-11-10-16(28-21)14-24-13-15(17-6-2-4-8-19(17)24)12-23-18-7-3-5-9-20(18)25/h2-13,25H,14H2,1H3. The number of hydrogen-bond acceptors (Lipinski definition) is 5. The summed E-state index contributed by atoms with van der Waals surface area (Å²) in [4.78, 5) is 16.0. The van der Waals surface area contributed by atoms with Crippen LogP contribution in [0, 0.1) is 0 Å². The van der Waals surface area contributed by atoms with Gasteiger partial charge in [-0.3, -0.25) is 4.99 Å².